The number of rotatable bonds is 9. The first kappa shape index (κ1) is 33.0. The highest BCUT2D eigenvalue weighted by Gasteiger charge is 2.30. The van der Waals surface area contributed by atoms with Gasteiger partial charge in [-0.05, 0) is 80.0 Å². The number of nitrogens with one attached hydrogen (secondary N) is 4. The van der Waals surface area contributed by atoms with E-state index in [9.17, 15) is 9.90 Å². The van der Waals surface area contributed by atoms with Crippen LogP contribution in [0.3, 0.4) is 0 Å². The summed E-state index contributed by atoms with van der Waals surface area (Å²) in [5.41, 5.74) is 4.21. The lowest BCUT2D eigenvalue weighted by molar-refractivity contribution is 0.171. The largest absolute Gasteiger partial charge is 0.484 e. The lowest BCUT2D eigenvalue weighted by Crippen LogP contribution is -2.41. The van der Waals surface area contributed by atoms with E-state index in [-0.39, 0.29) is 24.8 Å². The second-order valence-electron chi connectivity index (χ2n) is 13.8. The third kappa shape index (κ3) is 7.46. The summed E-state index contributed by atoms with van der Waals surface area (Å²) in [7, 11) is 0. The number of hydrogen-bond acceptors (Lipinski definition) is 8. The van der Waals surface area contributed by atoms with E-state index >= 15 is 0 Å². The molecule has 6 rings (SSSR count). The highest BCUT2D eigenvalue weighted by atomic mass is 16.5. The monoisotopic (exact) mass is 650 g/mol. The Kier molecular flexibility index (Phi) is 9.68. The molecule has 11 heteroatoms. The van der Waals surface area contributed by atoms with Gasteiger partial charge in [0, 0.05) is 35.5 Å². The van der Waals surface area contributed by atoms with Gasteiger partial charge in [-0.25, -0.2) is 4.79 Å². The molecule has 2 aromatic heterocycles. The Balaban J connectivity index is 1.17. The van der Waals surface area contributed by atoms with Crippen molar-refractivity contribution in [1.29, 1.82) is 5.41 Å². The number of piperidine rings is 1. The molecule has 252 valence electrons. The molecule has 48 heavy (non-hydrogen) atoms. The molecule has 2 aromatic carbocycles. The molecular formula is C37H46N8O3. The van der Waals surface area contributed by atoms with E-state index in [2.05, 4.69) is 44.0 Å². The van der Waals surface area contributed by atoms with Gasteiger partial charge in [0.05, 0.1) is 18.8 Å². The normalized spacial score (nSPS) is 19.8. The SMILES string of the molecule is C[C@H]1CCCCN1c1nnc2ccc(O[C@@H]3CC[C@H](NC(=O)N/C(=C/C(=N)C(C)(C)C)Nc4cccc(CO)c4)c4ccccc43)cn12. The number of urea groups is 1. The van der Waals surface area contributed by atoms with Gasteiger partial charge in [0.1, 0.15) is 17.7 Å². The zero-order chi connectivity index (χ0) is 33.8. The summed E-state index contributed by atoms with van der Waals surface area (Å²) in [6.07, 6.45) is 8.35. The van der Waals surface area contributed by atoms with Crippen molar-refractivity contribution in [3.05, 3.63) is 95.4 Å². The minimum atomic E-state index is -0.415. The molecular weight excluding hydrogens is 604 g/mol. The lowest BCUT2D eigenvalue weighted by Gasteiger charge is -2.33. The fourth-order valence-electron chi connectivity index (χ4n) is 6.39. The van der Waals surface area contributed by atoms with E-state index in [0.717, 1.165) is 53.4 Å². The number of carbonyl (C=O) groups is 1. The molecule has 2 amide bonds. The minimum Gasteiger partial charge on any atom is -0.484 e. The number of benzene rings is 2. The van der Waals surface area contributed by atoms with Crippen molar-refractivity contribution in [3.63, 3.8) is 0 Å². The predicted octanol–water partition coefficient (Wildman–Crippen LogP) is 6.87. The molecule has 4 aromatic rings. The molecule has 0 spiro atoms. The van der Waals surface area contributed by atoms with Crippen LogP contribution in [-0.4, -0.2) is 44.0 Å². The van der Waals surface area contributed by atoms with Crippen LogP contribution in [0.2, 0.25) is 0 Å². The quantitative estimate of drug-likeness (QED) is 0.125. The Morgan fingerprint density at radius 2 is 1.85 bits per heavy atom. The summed E-state index contributed by atoms with van der Waals surface area (Å²) >= 11 is 0. The summed E-state index contributed by atoms with van der Waals surface area (Å²) in [5, 5.41) is 36.4. The second kappa shape index (κ2) is 14.1. The number of amides is 2. The Labute approximate surface area is 281 Å². The highest BCUT2D eigenvalue weighted by molar-refractivity contribution is 5.97. The molecule has 5 N–H and O–H groups in total. The zero-order valence-corrected chi connectivity index (χ0v) is 28.2. The third-order valence-corrected chi connectivity index (χ3v) is 9.17. The zero-order valence-electron chi connectivity index (χ0n) is 28.2. The maximum atomic E-state index is 13.5. The maximum absolute atomic E-state index is 13.5. The molecule has 11 nitrogen and oxygen atoms in total. The summed E-state index contributed by atoms with van der Waals surface area (Å²) in [6.45, 7) is 8.96. The average molecular weight is 651 g/mol. The fraction of sp³-hybridized carbons (Fsp3) is 0.405. The van der Waals surface area contributed by atoms with Crippen molar-refractivity contribution in [2.24, 2.45) is 5.41 Å². The van der Waals surface area contributed by atoms with E-state index in [1.54, 1.807) is 6.08 Å². The van der Waals surface area contributed by atoms with Crippen LogP contribution in [-0.2, 0) is 6.61 Å². The Hall–Kier alpha value is -4.90. The molecule has 1 aliphatic heterocycles. The number of anilines is 2. The number of ether oxygens (including phenoxy) is 1. The van der Waals surface area contributed by atoms with Gasteiger partial charge >= 0.3 is 6.03 Å². The number of aliphatic hydroxyl groups is 1. The number of fused-ring (bicyclic) bond motifs is 2. The van der Waals surface area contributed by atoms with E-state index < -0.39 is 5.41 Å². The topological polar surface area (TPSA) is 140 Å². The van der Waals surface area contributed by atoms with Crippen LogP contribution in [0.1, 0.15) is 88.6 Å². The van der Waals surface area contributed by atoms with Crippen molar-refractivity contribution in [2.75, 3.05) is 16.8 Å². The number of hydrogen-bond donors (Lipinski definition) is 5. The van der Waals surface area contributed by atoms with Crippen LogP contribution < -0.4 is 25.6 Å². The van der Waals surface area contributed by atoms with Crippen LogP contribution in [0.15, 0.2) is 78.8 Å². The Morgan fingerprint density at radius 3 is 2.62 bits per heavy atom. The summed E-state index contributed by atoms with van der Waals surface area (Å²) in [5.74, 6) is 1.96. The third-order valence-electron chi connectivity index (χ3n) is 9.17. The highest BCUT2D eigenvalue weighted by Crippen LogP contribution is 2.39. The van der Waals surface area contributed by atoms with E-state index in [1.807, 2.05) is 86.0 Å². The number of allylic oxidation sites excluding steroid dienone is 1. The van der Waals surface area contributed by atoms with Crippen molar-refractivity contribution in [3.8, 4) is 5.75 Å². The molecule has 1 saturated heterocycles. The van der Waals surface area contributed by atoms with Gasteiger partial charge in [0.25, 0.3) is 0 Å². The van der Waals surface area contributed by atoms with Crippen molar-refractivity contribution < 1.29 is 14.6 Å². The van der Waals surface area contributed by atoms with Gasteiger partial charge in [-0.2, -0.15) is 0 Å². The van der Waals surface area contributed by atoms with Crippen molar-refractivity contribution in [1.82, 2.24) is 25.2 Å². The maximum Gasteiger partial charge on any atom is 0.320 e. The number of nitrogens with zero attached hydrogens (tertiary/aromatic N) is 4. The lowest BCUT2D eigenvalue weighted by atomic mass is 9.85. The fourth-order valence-corrected chi connectivity index (χ4v) is 6.39. The van der Waals surface area contributed by atoms with E-state index in [4.69, 9.17) is 10.1 Å². The number of aromatic nitrogens is 3. The van der Waals surface area contributed by atoms with E-state index in [1.165, 1.54) is 6.42 Å². The molecule has 0 unspecified atom stereocenters. The van der Waals surface area contributed by atoms with Gasteiger partial charge in [-0.3, -0.25) is 9.72 Å². The first-order chi connectivity index (χ1) is 23.1. The van der Waals surface area contributed by atoms with Gasteiger partial charge in [0.15, 0.2) is 5.65 Å². The molecule has 0 saturated carbocycles. The molecule has 0 radical (unpaired) electrons. The molecule has 1 fully saturated rings. The standard InChI is InChI=1S/C37H46N8O3/c1-24-10-7-8-19-44(24)36-43-42-34-18-15-27(22-45(34)36)48-31-17-16-30(28-13-5-6-14-29(28)31)40-35(47)41-33(21-32(38)37(2,3)4)39-26-12-9-11-25(20-26)23-46/h5-6,9,11-15,18,20-22,24,30-31,38-39,46H,7-8,10,16-17,19,23H2,1-4H3,(H2,40,41,47)/b33-21+,38-32?/t24-,30-,31+/m0/s1. The molecule has 1 aliphatic carbocycles. The summed E-state index contributed by atoms with van der Waals surface area (Å²) < 4.78 is 8.65. The van der Waals surface area contributed by atoms with Gasteiger partial charge in [-0.1, -0.05) is 57.2 Å². The van der Waals surface area contributed by atoms with Crippen LogP contribution in [0, 0.1) is 10.8 Å². The molecule has 3 heterocycles. The van der Waals surface area contributed by atoms with Gasteiger partial charge in [-0.15, -0.1) is 10.2 Å². The second-order valence-corrected chi connectivity index (χ2v) is 13.8. The van der Waals surface area contributed by atoms with Crippen LogP contribution in [0.25, 0.3) is 5.65 Å². The van der Waals surface area contributed by atoms with E-state index in [0.29, 0.717) is 36.1 Å². The smallest absolute Gasteiger partial charge is 0.320 e. The van der Waals surface area contributed by atoms with Crippen LogP contribution in [0.5, 0.6) is 5.75 Å². The molecule has 0 bridgehead atoms. The first-order valence-corrected chi connectivity index (χ1v) is 16.8. The van der Waals surface area contributed by atoms with Gasteiger partial charge in [0.2, 0.25) is 5.95 Å². The Bertz CT molecular complexity index is 1810. The Morgan fingerprint density at radius 1 is 1.04 bits per heavy atom. The predicted molar refractivity (Wildman–Crippen MR) is 188 cm³/mol. The summed E-state index contributed by atoms with van der Waals surface area (Å²) in [4.78, 5) is 15.8. The van der Waals surface area contributed by atoms with Crippen LogP contribution in [0.4, 0.5) is 16.4 Å². The van der Waals surface area contributed by atoms with Crippen LogP contribution >= 0.6 is 0 Å². The molecule has 3 atom stereocenters. The molecule has 2 aliphatic rings. The summed E-state index contributed by atoms with van der Waals surface area (Å²) in [6, 6.07) is 19.1. The number of carbonyl (C=O) groups excluding carboxylic acids is 1. The number of pyridine rings is 1. The van der Waals surface area contributed by atoms with Crippen molar-refractivity contribution in [2.45, 2.75) is 84.6 Å². The van der Waals surface area contributed by atoms with Crippen molar-refractivity contribution >= 4 is 29.0 Å². The van der Waals surface area contributed by atoms with Gasteiger partial charge < -0.3 is 30.8 Å². The minimum absolute atomic E-state index is 0.0968. The first-order valence-electron chi connectivity index (χ1n) is 16.8. The number of aliphatic hydroxyl groups excluding tert-OH is 1. The average Bonchev–Trinajstić information content (AvgIpc) is 3.48.